The number of hydrogen-bond donors (Lipinski definition) is 1. The lowest BCUT2D eigenvalue weighted by Crippen LogP contribution is -2.56. The SMILES string of the molecule is Nc1ccccc1OCC(=O)N1CCN2CCCCC2C1. The number of hydrogen-bond acceptors (Lipinski definition) is 4. The summed E-state index contributed by atoms with van der Waals surface area (Å²) in [6, 6.07) is 7.82. The van der Waals surface area contributed by atoms with E-state index in [4.69, 9.17) is 10.5 Å². The highest BCUT2D eigenvalue weighted by atomic mass is 16.5. The van der Waals surface area contributed by atoms with Crippen molar-refractivity contribution in [3.05, 3.63) is 24.3 Å². The zero-order chi connectivity index (χ0) is 14.7. The molecule has 1 aromatic carbocycles. The Bertz CT molecular complexity index is 506. The van der Waals surface area contributed by atoms with Crippen molar-refractivity contribution in [2.24, 2.45) is 0 Å². The molecule has 2 aliphatic heterocycles. The van der Waals surface area contributed by atoms with E-state index in [-0.39, 0.29) is 12.5 Å². The largest absolute Gasteiger partial charge is 0.482 e. The van der Waals surface area contributed by atoms with Gasteiger partial charge in [0.1, 0.15) is 5.75 Å². The monoisotopic (exact) mass is 289 g/mol. The van der Waals surface area contributed by atoms with Gasteiger partial charge in [-0.3, -0.25) is 9.69 Å². The van der Waals surface area contributed by atoms with Crippen LogP contribution >= 0.6 is 0 Å². The molecule has 5 nitrogen and oxygen atoms in total. The highest BCUT2D eigenvalue weighted by molar-refractivity contribution is 5.78. The molecule has 1 unspecified atom stereocenters. The molecule has 2 saturated heterocycles. The van der Waals surface area contributed by atoms with E-state index >= 15 is 0 Å². The smallest absolute Gasteiger partial charge is 0.260 e. The number of fused-ring (bicyclic) bond motifs is 1. The molecule has 0 saturated carbocycles. The fourth-order valence-electron chi connectivity index (χ4n) is 3.23. The van der Waals surface area contributed by atoms with E-state index < -0.39 is 0 Å². The Balaban J connectivity index is 1.53. The van der Waals surface area contributed by atoms with Crippen LogP contribution in [0.25, 0.3) is 0 Å². The third-order valence-corrected chi connectivity index (χ3v) is 4.46. The van der Waals surface area contributed by atoms with Crippen molar-refractivity contribution in [3.63, 3.8) is 0 Å². The number of piperazine rings is 1. The average molecular weight is 289 g/mol. The van der Waals surface area contributed by atoms with Crippen molar-refractivity contribution in [2.75, 3.05) is 38.5 Å². The minimum Gasteiger partial charge on any atom is -0.482 e. The van der Waals surface area contributed by atoms with E-state index in [0.717, 1.165) is 19.6 Å². The van der Waals surface area contributed by atoms with Gasteiger partial charge >= 0.3 is 0 Å². The van der Waals surface area contributed by atoms with Gasteiger partial charge < -0.3 is 15.4 Å². The molecule has 0 bridgehead atoms. The number of amides is 1. The van der Waals surface area contributed by atoms with Crippen LogP contribution in [0.2, 0.25) is 0 Å². The molecule has 2 heterocycles. The first-order chi connectivity index (χ1) is 10.2. The van der Waals surface area contributed by atoms with Crippen LogP contribution in [-0.4, -0.2) is 54.5 Å². The Labute approximate surface area is 125 Å². The molecular formula is C16H23N3O2. The zero-order valence-corrected chi connectivity index (χ0v) is 12.3. The lowest BCUT2D eigenvalue weighted by atomic mass is 9.99. The highest BCUT2D eigenvalue weighted by Gasteiger charge is 2.30. The summed E-state index contributed by atoms with van der Waals surface area (Å²) in [6.45, 7) is 3.89. The van der Waals surface area contributed by atoms with Crippen LogP contribution in [0.4, 0.5) is 5.69 Å². The maximum Gasteiger partial charge on any atom is 0.260 e. The van der Waals surface area contributed by atoms with Crippen molar-refractivity contribution >= 4 is 11.6 Å². The second-order valence-electron chi connectivity index (χ2n) is 5.85. The van der Waals surface area contributed by atoms with E-state index in [1.54, 1.807) is 12.1 Å². The number of carbonyl (C=O) groups excluding carboxylic acids is 1. The summed E-state index contributed by atoms with van der Waals surface area (Å²) in [5, 5.41) is 0. The van der Waals surface area contributed by atoms with Gasteiger partial charge in [0, 0.05) is 25.7 Å². The number of piperidine rings is 1. The number of rotatable bonds is 3. The highest BCUT2D eigenvalue weighted by Crippen LogP contribution is 2.22. The number of nitrogens with two attached hydrogens (primary N) is 1. The van der Waals surface area contributed by atoms with Crippen LogP contribution < -0.4 is 10.5 Å². The number of para-hydroxylation sites is 2. The Hall–Kier alpha value is -1.75. The fraction of sp³-hybridized carbons (Fsp3) is 0.562. The molecule has 2 aliphatic rings. The first-order valence-corrected chi connectivity index (χ1v) is 7.73. The molecule has 0 aliphatic carbocycles. The lowest BCUT2D eigenvalue weighted by Gasteiger charge is -2.43. The normalized spacial score (nSPS) is 22.7. The second-order valence-corrected chi connectivity index (χ2v) is 5.85. The van der Waals surface area contributed by atoms with E-state index in [0.29, 0.717) is 17.5 Å². The molecule has 2 fully saturated rings. The summed E-state index contributed by atoms with van der Waals surface area (Å²) in [5.41, 5.74) is 6.39. The molecule has 1 aromatic rings. The van der Waals surface area contributed by atoms with Gasteiger partial charge in [-0.2, -0.15) is 0 Å². The maximum atomic E-state index is 12.3. The van der Waals surface area contributed by atoms with Gasteiger partial charge in [0.05, 0.1) is 5.69 Å². The van der Waals surface area contributed by atoms with E-state index in [2.05, 4.69) is 4.90 Å². The summed E-state index contributed by atoms with van der Waals surface area (Å²) in [6.07, 6.45) is 3.78. The summed E-state index contributed by atoms with van der Waals surface area (Å²) in [7, 11) is 0. The molecule has 2 N–H and O–H groups in total. The molecule has 3 rings (SSSR count). The molecule has 1 atom stereocenters. The first kappa shape index (κ1) is 14.2. The molecule has 0 radical (unpaired) electrons. The van der Waals surface area contributed by atoms with Crippen LogP contribution in [0.1, 0.15) is 19.3 Å². The maximum absolute atomic E-state index is 12.3. The van der Waals surface area contributed by atoms with Crippen LogP contribution in [-0.2, 0) is 4.79 Å². The molecular weight excluding hydrogens is 266 g/mol. The molecule has 1 amide bonds. The van der Waals surface area contributed by atoms with E-state index in [9.17, 15) is 4.79 Å². The van der Waals surface area contributed by atoms with Gasteiger partial charge in [-0.15, -0.1) is 0 Å². The third-order valence-electron chi connectivity index (χ3n) is 4.46. The Kier molecular flexibility index (Phi) is 4.29. The van der Waals surface area contributed by atoms with Crippen LogP contribution in [0.15, 0.2) is 24.3 Å². The van der Waals surface area contributed by atoms with Gasteiger partial charge in [-0.1, -0.05) is 18.6 Å². The van der Waals surface area contributed by atoms with Gasteiger partial charge in [-0.05, 0) is 31.5 Å². The topological polar surface area (TPSA) is 58.8 Å². The van der Waals surface area contributed by atoms with Gasteiger partial charge in [0.25, 0.3) is 5.91 Å². The summed E-state index contributed by atoms with van der Waals surface area (Å²) in [4.78, 5) is 16.8. The van der Waals surface area contributed by atoms with Crippen LogP contribution in [0.3, 0.4) is 0 Å². The summed E-state index contributed by atoms with van der Waals surface area (Å²) in [5.74, 6) is 0.644. The molecule has 114 valence electrons. The standard InChI is InChI=1S/C16H23N3O2/c17-14-6-1-2-7-15(14)21-12-16(20)19-10-9-18-8-4-3-5-13(18)11-19/h1-2,6-7,13H,3-5,8-12,17H2. The van der Waals surface area contributed by atoms with Crippen molar-refractivity contribution < 1.29 is 9.53 Å². The van der Waals surface area contributed by atoms with Gasteiger partial charge in [0.2, 0.25) is 0 Å². The minimum absolute atomic E-state index is 0.0588. The van der Waals surface area contributed by atoms with Crippen molar-refractivity contribution in [1.29, 1.82) is 0 Å². The molecule has 5 heteroatoms. The predicted molar refractivity (Wildman–Crippen MR) is 82.1 cm³/mol. The Morgan fingerprint density at radius 2 is 2.10 bits per heavy atom. The fourth-order valence-corrected chi connectivity index (χ4v) is 3.23. The summed E-state index contributed by atoms with van der Waals surface area (Å²) < 4.78 is 5.56. The number of nitrogens with zero attached hydrogens (tertiary/aromatic N) is 2. The van der Waals surface area contributed by atoms with Crippen LogP contribution in [0.5, 0.6) is 5.75 Å². The second kappa shape index (κ2) is 6.35. The number of ether oxygens (including phenoxy) is 1. The molecule has 0 spiro atoms. The van der Waals surface area contributed by atoms with E-state index in [1.165, 1.54) is 25.8 Å². The number of carbonyl (C=O) groups is 1. The van der Waals surface area contributed by atoms with Gasteiger partial charge in [-0.25, -0.2) is 0 Å². The number of nitrogen functional groups attached to an aromatic ring is 1. The average Bonchev–Trinajstić information content (AvgIpc) is 2.53. The van der Waals surface area contributed by atoms with E-state index in [1.807, 2.05) is 17.0 Å². The Morgan fingerprint density at radius 1 is 1.24 bits per heavy atom. The third kappa shape index (κ3) is 3.29. The van der Waals surface area contributed by atoms with Gasteiger partial charge in [0.15, 0.2) is 6.61 Å². The minimum atomic E-state index is 0.0588. The quantitative estimate of drug-likeness (QED) is 0.853. The van der Waals surface area contributed by atoms with Crippen LogP contribution in [0, 0.1) is 0 Å². The molecule has 21 heavy (non-hydrogen) atoms. The Morgan fingerprint density at radius 3 is 2.95 bits per heavy atom. The predicted octanol–water partition coefficient (Wildman–Crippen LogP) is 1.34. The zero-order valence-electron chi connectivity index (χ0n) is 12.3. The van der Waals surface area contributed by atoms with Crippen molar-refractivity contribution in [2.45, 2.75) is 25.3 Å². The number of anilines is 1. The van der Waals surface area contributed by atoms with Crippen molar-refractivity contribution in [3.8, 4) is 5.75 Å². The first-order valence-electron chi connectivity index (χ1n) is 7.73. The number of benzene rings is 1. The summed E-state index contributed by atoms with van der Waals surface area (Å²) >= 11 is 0. The lowest BCUT2D eigenvalue weighted by molar-refractivity contribution is -0.136. The molecule has 0 aromatic heterocycles. The van der Waals surface area contributed by atoms with Crippen molar-refractivity contribution in [1.82, 2.24) is 9.80 Å².